The number of piperidine rings is 1. The molecule has 0 saturated carbocycles. The Morgan fingerprint density at radius 3 is 2.45 bits per heavy atom. The van der Waals surface area contributed by atoms with Gasteiger partial charge in [-0.25, -0.2) is 13.2 Å². The summed E-state index contributed by atoms with van der Waals surface area (Å²) in [6, 6.07) is 11.9. The van der Waals surface area contributed by atoms with Crippen molar-refractivity contribution in [3.8, 4) is 0 Å². The van der Waals surface area contributed by atoms with Crippen molar-refractivity contribution in [3.05, 3.63) is 59.2 Å². The Kier molecular flexibility index (Phi) is 7.12. The van der Waals surface area contributed by atoms with Gasteiger partial charge in [0.25, 0.3) is 0 Å². The molecule has 0 aliphatic carbocycles. The van der Waals surface area contributed by atoms with Crippen LogP contribution >= 0.6 is 0 Å². The number of nitrogens with one attached hydrogen (secondary N) is 1. The van der Waals surface area contributed by atoms with E-state index in [1.165, 1.54) is 4.31 Å². The van der Waals surface area contributed by atoms with Crippen LogP contribution in [0.3, 0.4) is 0 Å². The summed E-state index contributed by atoms with van der Waals surface area (Å²) in [7, 11) is -3.59. The van der Waals surface area contributed by atoms with Gasteiger partial charge in [0.2, 0.25) is 15.9 Å². The van der Waals surface area contributed by atoms with E-state index in [1.54, 1.807) is 50.2 Å². The highest BCUT2D eigenvalue weighted by atomic mass is 32.2. The molecule has 1 fully saturated rings. The van der Waals surface area contributed by atoms with Crippen molar-refractivity contribution in [2.75, 3.05) is 25.0 Å². The van der Waals surface area contributed by atoms with E-state index in [1.807, 2.05) is 13.0 Å². The van der Waals surface area contributed by atoms with Gasteiger partial charge in [-0.3, -0.25) is 4.79 Å². The van der Waals surface area contributed by atoms with Gasteiger partial charge in [-0.1, -0.05) is 23.8 Å². The van der Waals surface area contributed by atoms with Gasteiger partial charge in [0.15, 0.2) is 0 Å². The zero-order valence-electron chi connectivity index (χ0n) is 18.1. The van der Waals surface area contributed by atoms with Crippen molar-refractivity contribution in [1.29, 1.82) is 0 Å². The maximum atomic E-state index is 13.0. The summed E-state index contributed by atoms with van der Waals surface area (Å²) in [5.74, 6) is -0.912. The van der Waals surface area contributed by atoms with Crippen LogP contribution in [0, 0.1) is 19.8 Å². The smallest absolute Gasteiger partial charge is 0.338 e. The number of sulfonamides is 1. The van der Waals surface area contributed by atoms with Gasteiger partial charge in [-0.2, -0.15) is 4.31 Å². The van der Waals surface area contributed by atoms with Crippen molar-refractivity contribution in [2.45, 2.75) is 38.5 Å². The Labute approximate surface area is 183 Å². The van der Waals surface area contributed by atoms with E-state index < -0.39 is 16.0 Å². The Bertz CT molecular complexity index is 1070. The summed E-state index contributed by atoms with van der Waals surface area (Å²) in [6.07, 6.45) is 0.876. The molecule has 8 heteroatoms. The highest BCUT2D eigenvalue weighted by molar-refractivity contribution is 7.89. The van der Waals surface area contributed by atoms with Crippen LogP contribution in [-0.4, -0.2) is 44.3 Å². The van der Waals surface area contributed by atoms with E-state index in [-0.39, 0.29) is 31.5 Å². The van der Waals surface area contributed by atoms with Crippen molar-refractivity contribution < 1.29 is 22.7 Å². The maximum Gasteiger partial charge on any atom is 0.338 e. The number of nitrogens with zero attached hydrogens (tertiary/aromatic N) is 1. The average molecular weight is 445 g/mol. The second-order valence-corrected chi connectivity index (χ2v) is 9.64. The molecule has 1 amide bonds. The molecule has 1 aliphatic heterocycles. The number of amides is 1. The zero-order chi connectivity index (χ0) is 22.6. The topological polar surface area (TPSA) is 92.8 Å². The third-order valence-corrected chi connectivity index (χ3v) is 7.47. The fraction of sp³-hybridized carbons (Fsp3) is 0.391. The lowest BCUT2D eigenvalue weighted by Crippen LogP contribution is -2.41. The Balaban J connectivity index is 1.62. The summed E-state index contributed by atoms with van der Waals surface area (Å²) in [4.78, 5) is 24.9. The van der Waals surface area contributed by atoms with Crippen LogP contribution in [0.25, 0.3) is 0 Å². The molecule has 2 aromatic carbocycles. The van der Waals surface area contributed by atoms with Crippen molar-refractivity contribution in [1.82, 2.24) is 4.31 Å². The lowest BCUT2D eigenvalue weighted by atomic mass is 9.97. The first kappa shape index (κ1) is 23.0. The molecule has 0 bridgehead atoms. The Morgan fingerprint density at radius 2 is 1.81 bits per heavy atom. The summed E-state index contributed by atoms with van der Waals surface area (Å²) in [6.45, 7) is 6.31. The minimum absolute atomic E-state index is 0.176. The number of rotatable bonds is 6. The fourth-order valence-electron chi connectivity index (χ4n) is 3.77. The number of hydrogen-bond donors (Lipinski definition) is 1. The van der Waals surface area contributed by atoms with Crippen LogP contribution in [0.15, 0.2) is 47.4 Å². The Morgan fingerprint density at radius 1 is 1.10 bits per heavy atom. The predicted molar refractivity (Wildman–Crippen MR) is 118 cm³/mol. The van der Waals surface area contributed by atoms with E-state index in [0.29, 0.717) is 29.0 Å². The van der Waals surface area contributed by atoms with E-state index in [9.17, 15) is 18.0 Å². The largest absolute Gasteiger partial charge is 0.462 e. The molecule has 1 aliphatic rings. The normalized spacial score (nSPS) is 15.5. The molecule has 0 atom stereocenters. The Hall–Kier alpha value is -2.71. The first-order valence-corrected chi connectivity index (χ1v) is 11.8. The van der Waals surface area contributed by atoms with Gasteiger partial charge in [0.05, 0.1) is 17.1 Å². The SMILES string of the molecule is CCOC(=O)c1cccc(NC(=O)C2CCN(S(=O)(=O)c3ccc(C)cc3C)CC2)c1. The van der Waals surface area contributed by atoms with Crippen LogP contribution in [0.1, 0.15) is 41.3 Å². The van der Waals surface area contributed by atoms with Crippen molar-refractivity contribution in [2.24, 2.45) is 5.92 Å². The molecule has 2 aromatic rings. The molecule has 0 unspecified atom stereocenters. The van der Waals surface area contributed by atoms with Crippen LogP contribution in [0.5, 0.6) is 0 Å². The molecule has 0 radical (unpaired) electrons. The molecule has 0 spiro atoms. The summed E-state index contributed by atoms with van der Waals surface area (Å²) in [5.41, 5.74) is 2.62. The van der Waals surface area contributed by atoms with Crippen molar-refractivity contribution in [3.63, 3.8) is 0 Å². The van der Waals surface area contributed by atoms with E-state index >= 15 is 0 Å². The molecular formula is C23H28N2O5S. The summed E-state index contributed by atoms with van der Waals surface area (Å²) in [5, 5.41) is 2.83. The van der Waals surface area contributed by atoms with Gasteiger partial charge < -0.3 is 10.1 Å². The minimum atomic E-state index is -3.59. The second-order valence-electron chi connectivity index (χ2n) is 7.74. The second kappa shape index (κ2) is 9.62. The third kappa shape index (κ3) is 5.32. The van der Waals surface area contributed by atoms with Crippen LogP contribution < -0.4 is 5.32 Å². The highest BCUT2D eigenvalue weighted by Crippen LogP contribution is 2.27. The minimum Gasteiger partial charge on any atom is -0.462 e. The highest BCUT2D eigenvalue weighted by Gasteiger charge is 2.32. The molecule has 1 N–H and O–H groups in total. The van der Waals surface area contributed by atoms with Gasteiger partial charge in [-0.05, 0) is 63.4 Å². The summed E-state index contributed by atoms with van der Waals surface area (Å²) >= 11 is 0. The number of aryl methyl sites for hydroxylation is 2. The van der Waals surface area contributed by atoms with Gasteiger partial charge in [0.1, 0.15) is 0 Å². The number of benzene rings is 2. The van der Waals surface area contributed by atoms with Crippen molar-refractivity contribution >= 4 is 27.6 Å². The third-order valence-electron chi connectivity index (χ3n) is 5.41. The fourth-order valence-corrected chi connectivity index (χ4v) is 5.44. The zero-order valence-corrected chi connectivity index (χ0v) is 18.9. The predicted octanol–water partition coefficient (Wildman–Crippen LogP) is 3.52. The molecule has 7 nitrogen and oxygen atoms in total. The van der Waals surface area contributed by atoms with E-state index in [2.05, 4.69) is 5.32 Å². The first-order valence-electron chi connectivity index (χ1n) is 10.4. The van der Waals surface area contributed by atoms with Crippen LogP contribution in [-0.2, 0) is 19.6 Å². The standard InChI is InChI=1S/C23H28N2O5S/c1-4-30-23(27)19-6-5-7-20(15-19)24-22(26)18-10-12-25(13-11-18)31(28,29)21-9-8-16(2)14-17(21)3/h5-9,14-15,18H,4,10-13H2,1-3H3,(H,24,26). The molecule has 1 saturated heterocycles. The molecule has 3 rings (SSSR count). The van der Waals surface area contributed by atoms with Gasteiger partial charge in [0, 0.05) is 24.7 Å². The number of carbonyl (C=O) groups excluding carboxylic acids is 2. The number of anilines is 1. The lowest BCUT2D eigenvalue weighted by Gasteiger charge is -2.31. The quantitative estimate of drug-likeness (QED) is 0.688. The molecular weight excluding hydrogens is 416 g/mol. The van der Waals surface area contributed by atoms with Crippen LogP contribution in [0.4, 0.5) is 5.69 Å². The molecule has 0 aromatic heterocycles. The lowest BCUT2D eigenvalue weighted by molar-refractivity contribution is -0.120. The summed E-state index contributed by atoms with van der Waals surface area (Å²) < 4.78 is 32.5. The monoisotopic (exact) mass is 444 g/mol. The number of ether oxygens (including phenoxy) is 1. The molecule has 166 valence electrons. The molecule has 31 heavy (non-hydrogen) atoms. The van der Waals surface area contributed by atoms with E-state index in [4.69, 9.17) is 4.74 Å². The van der Waals surface area contributed by atoms with Crippen LogP contribution in [0.2, 0.25) is 0 Å². The number of esters is 1. The van der Waals surface area contributed by atoms with Gasteiger partial charge >= 0.3 is 5.97 Å². The number of carbonyl (C=O) groups is 2. The molecule has 1 heterocycles. The van der Waals surface area contributed by atoms with Gasteiger partial charge in [-0.15, -0.1) is 0 Å². The number of hydrogen-bond acceptors (Lipinski definition) is 5. The maximum absolute atomic E-state index is 13.0. The average Bonchev–Trinajstić information content (AvgIpc) is 2.74. The van der Waals surface area contributed by atoms with E-state index in [0.717, 1.165) is 11.1 Å². The first-order chi connectivity index (χ1) is 14.7.